The first-order valence-electron chi connectivity index (χ1n) is 7.52. The number of fused-ring (bicyclic) bond motifs is 1. The molecule has 5 nitrogen and oxygen atoms in total. The van der Waals surface area contributed by atoms with E-state index >= 15 is 0 Å². The fraction of sp³-hybridized carbons (Fsp3) is 0.222. The molecule has 2 aromatic carbocycles. The van der Waals surface area contributed by atoms with Crippen molar-refractivity contribution in [1.29, 1.82) is 0 Å². The SMILES string of the molecule is COc1cccc(CC(=O)NC(C)c2nc3ccccc3[nH]2)c1. The number of carbonyl (C=O) groups excluding carboxylic acids is 1. The lowest BCUT2D eigenvalue weighted by Crippen LogP contribution is -2.28. The smallest absolute Gasteiger partial charge is 0.224 e. The number of para-hydroxylation sites is 2. The zero-order valence-corrected chi connectivity index (χ0v) is 13.2. The van der Waals surface area contributed by atoms with Gasteiger partial charge in [-0.1, -0.05) is 24.3 Å². The van der Waals surface area contributed by atoms with Gasteiger partial charge in [0.2, 0.25) is 5.91 Å². The van der Waals surface area contributed by atoms with E-state index in [1.54, 1.807) is 7.11 Å². The summed E-state index contributed by atoms with van der Waals surface area (Å²) in [5.41, 5.74) is 2.78. The lowest BCUT2D eigenvalue weighted by Gasteiger charge is -2.11. The van der Waals surface area contributed by atoms with Crippen LogP contribution in [0.2, 0.25) is 0 Å². The van der Waals surface area contributed by atoms with Crippen molar-refractivity contribution in [2.75, 3.05) is 7.11 Å². The Kier molecular flexibility index (Phi) is 4.28. The molecule has 1 atom stereocenters. The first-order valence-corrected chi connectivity index (χ1v) is 7.52. The molecule has 23 heavy (non-hydrogen) atoms. The van der Waals surface area contributed by atoms with Gasteiger partial charge in [-0.25, -0.2) is 4.98 Å². The van der Waals surface area contributed by atoms with Crippen molar-refractivity contribution in [2.45, 2.75) is 19.4 Å². The molecule has 0 bridgehead atoms. The Morgan fingerprint density at radius 2 is 2.09 bits per heavy atom. The minimum absolute atomic E-state index is 0.0498. The summed E-state index contributed by atoms with van der Waals surface area (Å²) in [6.07, 6.45) is 0.307. The number of methoxy groups -OCH3 is 1. The third-order valence-corrected chi connectivity index (χ3v) is 3.69. The molecule has 1 heterocycles. The summed E-state index contributed by atoms with van der Waals surface area (Å²) in [7, 11) is 1.61. The molecule has 118 valence electrons. The van der Waals surface area contributed by atoms with Crippen LogP contribution in [0.4, 0.5) is 0 Å². The molecule has 5 heteroatoms. The molecule has 3 aromatic rings. The van der Waals surface area contributed by atoms with Crippen molar-refractivity contribution < 1.29 is 9.53 Å². The van der Waals surface area contributed by atoms with E-state index in [2.05, 4.69) is 15.3 Å². The van der Waals surface area contributed by atoms with Crippen molar-refractivity contribution in [2.24, 2.45) is 0 Å². The Morgan fingerprint density at radius 1 is 1.26 bits per heavy atom. The van der Waals surface area contributed by atoms with Gasteiger partial charge in [0.05, 0.1) is 30.6 Å². The van der Waals surface area contributed by atoms with Crippen molar-refractivity contribution in [3.05, 3.63) is 59.9 Å². The molecule has 2 N–H and O–H groups in total. The summed E-state index contributed by atoms with van der Waals surface area (Å²) in [4.78, 5) is 20.0. The van der Waals surface area contributed by atoms with Crippen LogP contribution in [0.3, 0.4) is 0 Å². The molecule has 0 saturated heterocycles. The molecular formula is C18H19N3O2. The first kappa shape index (κ1) is 15.1. The number of nitrogens with zero attached hydrogens (tertiary/aromatic N) is 1. The van der Waals surface area contributed by atoms with Gasteiger partial charge < -0.3 is 15.0 Å². The summed E-state index contributed by atoms with van der Waals surface area (Å²) in [6, 6.07) is 15.1. The van der Waals surface area contributed by atoms with Crippen molar-refractivity contribution >= 4 is 16.9 Å². The third kappa shape index (κ3) is 3.51. The number of aromatic nitrogens is 2. The minimum Gasteiger partial charge on any atom is -0.497 e. The van der Waals surface area contributed by atoms with E-state index < -0.39 is 0 Å². The van der Waals surface area contributed by atoms with Gasteiger partial charge in [0.15, 0.2) is 0 Å². The van der Waals surface area contributed by atoms with Crippen LogP contribution in [-0.4, -0.2) is 23.0 Å². The molecule has 0 fully saturated rings. The van der Waals surface area contributed by atoms with Gasteiger partial charge >= 0.3 is 0 Å². The van der Waals surface area contributed by atoms with E-state index in [1.165, 1.54) is 0 Å². The Morgan fingerprint density at radius 3 is 2.87 bits per heavy atom. The van der Waals surface area contributed by atoms with Crippen molar-refractivity contribution in [1.82, 2.24) is 15.3 Å². The monoisotopic (exact) mass is 309 g/mol. The molecule has 0 spiro atoms. The Bertz CT molecular complexity index is 793. The Hall–Kier alpha value is -2.82. The fourth-order valence-corrected chi connectivity index (χ4v) is 2.51. The van der Waals surface area contributed by atoms with Crippen molar-refractivity contribution in [3.8, 4) is 5.75 Å². The largest absolute Gasteiger partial charge is 0.497 e. The second-order valence-corrected chi connectivity index (χ2v) is 5.46. The van der Waals surface area contributed by atoms with Crippen LogP contribution in [0, 0.1) is 0 Å². The number of amides is 1. The van der Waals surface area contributed by atoms with Gasteiger partial charge in [-0.15, -0.1) is 0 Å². The number of ether oxygens (including phenoxy) is 1. The van der Waals surface area contributed by atoms with Gasteiger partial charge in [0.25, 0.3) is 0 Å². The average Bonchev–Trinajstić information content (AvgIpc) is 2.99. The lowest BCUT2D eigenvalue weighted by molar-refractivity contribution is -0.121. The zero-order chi connectivity index (χ0) is 16.2. The number of imidazole rings is 1. The number of benzene rings is 2. The predicted molar refractivity (Wildman–Crippen MR) is 89.3 cm³/mol. The van der Waals surface area contributed by atoms with Crippen LogP contribution < -0.4 is 10.1 Å². The topological polar surface area (TPSA) is 67.0 Å². The minimum atomic E-state index is -0.180. The number of hydrogen-bond acceptors (Lipinski definition) is 3. The van der Waals surface area contributed by atoms with Crippen LogP contribution in [0.5, 0.6) is 5.75 Å². The number of H-pyrrole nitrogens is 1. The van der Waals surface area contributed by atoms with Crippen LogP contribution in [-0.2, 0) is 11.2 Å². The predicted octanol–water partition coefficient (Wildman–Crippen LogP) is 2.99. The van der Waals surface area contributed by atoms with Crippen LogP contribution >= 0.6 is 0 Å². The maximum atomic E-state index is 12.2. The number of hydrogen-bond donors (Lipinski definition) is 2. The van der Waals surface area contributed by atoms with Gasteiger partial charge in [-0.05, 0) is 36.8 Å². The van der Waals surface area contributed by atoms with E-state index in [0.717, 1.165) is 28.2 Å². The van der Waals surface area contributed by atoms with Gasteiger partial charge in [0, 0.05) is 0 Å². The summed E-state index contributed by atoms with van der Waals surface area (Å²) < 4.78 is 5.17. The molecule has 0 aliphatic carbocycles. The van der Waals surface area contributed by atoms with Crippen molar-refractivity contribution in [3.63, 3.8) is 0 Å². The number of carbonyl (C=O) groups is 1. The second-order valence-electron chi connectivity index (χ2n) is 5.46. The maximum absolute atomic E-state index is 12.2. The summed E-state index contributed by atoms with van der Waals surface area (Å²) in [5, 5.41) is 2.97. The standard InChI is InChI=1S/C18H19N3O2/c1-12(18-20-15-8-3-4-9-16(15)21-18)19-17(22)11-13-6-5-7-14(10-13)23-2/h3-10,12H,11H2,1-2H3,(H,19,22)(H,20,21). The maximum Gasteiger partial charge on any atom is 0.224 e. The highest BCUT2D eigenvalue weighted by atomic mass is 16.5. The highest BCUT2D eigenvalue weighted by molar-refractivity contribution is 5.79. The van der Waals surface area contributed by atoms with Gasteiger partial charge in [-0.3, -0.25) is 4.79 Å². The molecule has 0 radical (unpaired) electrons. The van der Waals surface area contributed by atoms with Crippen LogP contribution in [0.25, 0.3) is 11.0 Å². The first-order chi connectivity index (χ1) is 11.2. The molecule has 1 amide bonds. The highest BCUT2D eigenvalue weighted by Gasteiger charge is 2.14. The van der Waals surface area contributed by atoms with E-state index in [0.29, 0.717) is 6.42 Å². The zero-order valence-electron chi connectivity index (χ0n) is 13.2. The normalized spacial score (nSPS) is 12.1. The summed E-state index contributed by atoms with van der Waals surface area (Å²) in [5.74, 6) is 1.46. The summed E-state index contributed by atoms with van der Waals surface area (Å²) >= 11 is 0. The fourth-order valence-electron chi connectivity index (χ4n) is 2.51. The molecule has 1 aromatic heterocycles. The van der Waals surface area contributed by atoms with Crippen LogP contribution in [0.15, 0.2) is 48.5 Å². The summed E-state index contributed by atoms with van der Waals surface area (Å²) in [6.45, 7) is 1.92. The van der Waals surface area contributed by atoms with Gasteiger partial charge in [-0.2, -0.15) is 0 Å². The number of aromatic amines is 1. The van der Waals surface area contributed by atoms with Crippen LogP contribution in [0.1, 0.15) is 24.4 Å². The quantitative estimate of drug-likeness (QED) is 0.761. The van der Waals surface area contributed by atoms with E-state index in [9.17, 15) is 4.79 Å². The highest BCUT2D eigenvalue weighted by Crippen LogP contribution is 2.16. The molecule has 3 rings (SSSR count). The van der Waals surface area contributed by atoms with E-state index in [1.807, 2.05) is 55.5 Å². The Balaban J connectivity index is 1.66. The molecule has 1 unspecified atom stereocenters. The second kappa shape index (κ2) is 6.52. The average molecular weight is 309 g/mol. The Labute approximate surface area is 134 Å². The third-order valence-electron chi connectivity index (χ3n) is 3.69. The number of rotatable bonds is 5. The molecular weight excluding hydrogens is 290 g/mol. The molecule has 0 aliphatic heterocycles. The molecule has 0 saturated carbocycles. The number of nitrogens with one attached hydrogen (secondary N) is 2. The van der Waals surface area contributed by atoms with E-state index in [4.69, 9.17) is 4.74 Å². The molecule has 0 aliphatic rings. The van der Waals surface area contributed by atoms with Gasteiger partial charge in [0.1, 0.15) is 11.6 Å². The van der Waals surface area contributed by atoms with E-state index in [-0.39, 0.29) is 11.9 Å². The lowest BCUT2D eigenvalue weighted by atomic mass is 10.1.